The molecule has 16 heavy (non-hydrogen) atoms. The Kier molecular flexibility index (Phi) is 7.25. The Hall–Kier alpha value is 0.0700. The summed E-state index contributed by atoms with van der Waals surface area (Å²) in [6, 6.07) is 0. The van der Waals surface area contributed by atoms with Gasteiger partial charge in [0.05, 0.1) is 5.75 Å². The Morgan fingerprint density at radius 2 is 1.75 bits per heavy atom. The van der Waals surface area contributed by atoms with Crippen molar-refractivity contribution >= 4 is 10.8 Å². The largest absolute Gasteiger partial charge is 0.352 e. The molecule has 0 heterocycles. The Balaban J connectivity index is 2.23. The monoisotopic (exact) mass is 248 g/mol. The second-order valence-electron chi connectivity index (χ2n) is 4.26. The summed E-state index contributed by atoms with van der Waals surface area (Å²) in [4.78, 5) is 0. The number of rotatable bonds is 8. The minimum atomic E-state index is -0.793. The summed E-state index contributed by atoms with van der Waals surface area (Å²) in [7, 11) is -0.793. The Morgan fingerprint density at radius 3 is 2.25 bits per heavy atom. The maximum absolute atomic E-state index is 11.9. The maximum atomic E-state index is 11.9. The number of hydrogen-bond acceptors (Lipinski definition) is 3. The van der Waals surface area contributed by atoms with E-state index in [4.69, 9.17) is 9.47 Å². The fourth-order valence-corrected chi connectivity index (χ4v) is 3.67. The van der Waals surface area contributed by atoms with Crippen LogP contribution < -0.4 is 0 Å². The average Bonchev–Trinajstić information content (AvgIpc) is 2.71. The molecular formula is C12H24O3S. The number of hydrogen-bond donors (Lipinski definition) is 0. The van der Waals surface area contributed by atoms with Gasteiger partial charge < -0.3 is 9.47 Å². The molecule has 0 aliphatic heterocycles. The molecule has 3 nitrogen and oxygen atoms in total. The third-order valence-electron chi connectivity index (χ3n) is 2.92. The summed E-state index contributed by atoms with van der Waals surface area (Å²) >= 11 is 0. The van der Waals surface area contributed by atoms with Crippen molar-refractivity contribution in [1.82, 2.24) is 0 Å². The fraction of sp³-hybridized carbons (Fsp3) is 1.00. The molecule has 1 fully saturated rings. The molecule has 1 aliphatic carbocycles. The van der Waals surface area contributed by atoms with Crippen LogP contribution in [-0.4, -0.2) is 35.2 Å². The van der Waals surface area contributed by atoms with Gasteiger partial charge in [-0.05, 0) is 32.6 Å². The lowest BCUT2D eigenvalue weighted by molar-refractivity contribution is -0.120. The van der Waals surface area contributed by atoms with Crippen molar-refractivity contribution in [3.05, 3.63) is 0 Å². The summed E-state index contributed by atoms with van der Waals surface area (Å²) in [6.07, 6.45) is 4.83. The molecule has 1 unspecified atom stereocenters. The zero-order valence-corrected chi connectivity index (χ0v) is 11.3. The van der Waals surface area contributed by atoms with Gasteiger partial charge in [-0.25, -0.2) is 0 Å². The van der Waals surface area contributed by atoms with E-state index in [2.05, 4.69) is 0 Å². The minimum Gasteiger partial charge on any atom is -0.352 e. The van der Waals surface area contributed by atoms with E-state index >= 15 is 0 Å². The lowest BCUT2D eigenvalue weighted by Crippen LogP contribution is -2.26. The van der Waals surface area contributed by atoms with Crippen molar-refractivity contribution in [1.29, 1.82) is 0 Å². The van der Waals surface area contributed by atoms with Crippen molar-refractivity contribution in [2.75, 3.05) is 24.7 Å². The molecule has 1 aliphatic rings. The highest BCUT2D eigenvalue weighted by Crippen LogP contribution is 2.25. The van der Waals surface area contributed by atoms with Crippen LogP contribution in [0.15, 0.2) is 0 Å². The molecular weight excluding hydrogens is 224 g/mol. The first kappa shape index (κ1) is 14.1. The topological polar surface area (TPSA) is 35.5 Å². The molecule has 0 aromatic rings. The highest BCUT2D eigenvalue weighted by atomic mass is 32.2. The summed E-state index contributed by atoms with van der Waals surface area (Å²) < 4.78 is 22.7. The molecule has 1 rings (SSSR count). The van der Waals surface area contributed by atoms with Crippen LogP contribution in [0.1, 0.15) is 39.5 Å². The third kappa shape index (κ3) is 5.41. The first-order valence-electron chi connectivity index (χ1n) is 6.34. The number of ether oxygens (including phenoxy) is 2. The van der Waals surface area contributed by atoms with Crippen molar-refractivity contribution < 1.29 is 13.7 Å². The Bertz CT molecular complexity index is 196. The van der Waals surface area contributed by atoms with Crippen LogP contribution in [0, 0.1) is 5.92 Å². The van der Waals surface area contributed by atoms with Crippen LogP contribution in [-0.2, 0) is 20.3 Å². The standard InChI is InChI=1S/C12H24O3S/c1-3-14-12(15-4-2)10-16(13)9-11-7-5-6-8-11/h11-12H,3-10H2,1-2H3. The molecule has 1 saturated carbocycles. The van der Waals surface area contributed by atoms with Crippen LogP contribution >= 0.6 is 0 Å². The lowest BCUT2D eigenvalue weighted by atomic mass is 10.1. The molecule has 0 radical (unpaired) electrons. The predicted molar refractivity (Wildman–Crippen MR) is 66.9 cm³/mol. The van der Waals surface area contributed by atoms with Gasteiger partial charge in [0.15, 0.2) is 6.29 Å². The van der Waals surface area contributed by atoms with Gasteiger partial charge in [0.2, 0.25) is 0 Å². The predicted octanol–water partition coefficient (Wildman–Crippen LogP) is 2.32. The molecule has 1 atom stereocenters. The van der Waals surface area contributed by atoms with E-state index in [9.17, 15) is 4.21 Å². The van der Waals surface area contributed by atoms with E-state index in [0.717, 1.165) is 5.75 Å². The van der Waals surface area contributed by atoms with Crippen molar-refractivity contribution in [2.24, 2.45) is 5.92 Å². The van der Waals surface area contributed by atoms with Gasteiger partial charge in [0.25, 0.3) is 0 Å². The van der Waals surface area contributed by atoms with Gasteiger partial charge in [0, 0.05) is 29.8 Å². The van der Waals surface area contributed by atoms with Crippen LogP contribution in [0.4, 0.5) is 0 Å². The zero-order valence-electron chi connectivity index (χ0n) is 10.4. The molecule has 0 spiro atoms. The Labute approximate surface area is 101 Å². The molecule has 0 N–H and O–H groups in total. The molecule has 0 aromatic heterocycles. The van der Waals surface area contributed by atoms with Gasteiger partial charge in [0.1, 0.15) is 0 Å². The minimum absolute atomic E-state index is 0.280. The molecule has 96 valence electrons. The smallest absolute Gasteiger partial charge is 0.168 e. The van der Waals surface area contributed by atoms with Crippen molar-refractivity contribution in [3.63, 3.8) is 0 Å². The second-order valence-corrected chi connectivity index (χ2v) is 5.81. The zero-order chi connectivity index (χ0) is 11.8. The van der Waals surface area contributed by atoms with Crippen molar-refractivity contribution in [2.45, 2.75) is 45.8 Å². The average molecular weight is 248 g/mol. The van der Waals surface area contributed by atoms with E-state index in [1.54, 1.807) is 0 Å². The quantitative estimate of drug-likeness (QED) is 0.618. The summed E-state index contributed by atoms with van der Waals surface area (Å²) in [6.45, 7) is 5.11. The van der Waals surface area contributed by atoms with E-state index < -0.39 is 10.8 Å². The van der Waals surface area contributed by atoms with Crippen molar-refractivity contribution in [3.8, 4) is 0 Å². The third-order valence-corrected chi connectivity index (χ3v) is 4.41. The van der Waals surface area contributed by atoms with Gasteiger partial charge in [-0.15, -0.1) is 0 Å². The fourth-order valence-electron chi connectivity index (χ4n) is 2.18. The van der Waals surface area contributed by atoms with Gasteiger partial charge in [-0.3, -0.25) is 4.21 Å². The molecule has 0 amide bonds. The highest BCUT2D eigenvalue weighted by Gasteiger charge is 2.20. The second kappa shape index (κ2) is 8.20. The Morgan fingerprint density at radius 1 is 1.19 bits per heavy atom. The van der Waals surface area contributed by atoms with Crippen LogP contribution in [0.2, 0.25) is 0 Å². The molecule has 0 aromatic carbocycles. The maximum Gasteiger partial charge on any atom is 0.168 e. The van der Waals surface area contributed by atoms with E-state index in [1.807, 2.05) is 13.8 Å². The van der Waals surface area contributed by atoms with Gasteiger partial charge in [-0.1, -0.05) is 12.8 Å². The first-order valence-corrected chi connectivity index (χ1v) is 7.83. The van der Waals surface area contributed by atoms with Gasteiger partial charge >= 0.3 is 0 Å². The SMILES string of the molecule is CCOC(CS(=O)CC1CCCC1)OCC. The van der Waals surface area contributed by atoms with E-state index in [0.29, 0.717) is 24.9 Å². The molecule has 0 saturated heterocycles. The van der Waals surface area contributed by atoms with Crippen LogP contribution in [0.3, 0.4) is 0 Å². The lowest BCUT2D eigenvalue weighted by Gasteiger charge is -2.17. The molecule has 4 heteroatoms. The van der Waals surface area contributed by atoms with Crippen LogP contribution in [0.25, 0.3) is 0 Å². The van der Waals surface area contributed by atoms with E-state index in [1.165, 1.54) is 25.7 Å². The van der Waals surface area contributed by atoms with Crippen LogP contribution in [0.5, 0.6) is 0 Å². The summed E-state index contributed by atoms with van der Waals surface area (Å²) in [5.41, 5.74) is 0. The van der Waals surface area contributed by atoms with E-state index in [-0.39, 0.29) is 6.29 Å². The van der Waals surface area contributed by atoms with Gasteiger partial charge in [-0.2, -0.15) is 0 Å². The first-order chi connectivity index (χ1) is 7.76. The molecule has 0 bridgehead atoms. The summed E-state index contributed by atoms with van der Waals surface area (Å²) in [5.74, 6) is 2.03. The normalized spacial score (nSPS) is 19.4. The highest BCUT2D eigenvalue weighted by molar-refractivity contribution is 7.85. The summed E-state index contributed by atoms with van der Waals surface area (Å²) in [5, 5.41) is 0.